The molecule has 1 aliphatic heterocycles. The largest absolute Gasteiger partial charge is 0.368 e. The van der Waals surface area contributed by atoms with E-state index in [1.807, 2.05) is 36.4 Å². The number of nitrogens with zero attached hydrogens (tertiary/aromatic N) is 2. The van der Waals surface area contributed by atoms with Crippen molar-refractivity contribution in [3.05, 3.63) is 53.1 Å². The molecule has 2 aromatic rings. The van der Waals surface area contributed by atoms with Crippen LogP contribution in [0, 0.1) is 11.3 Å². The molecule has 22 heavy (non-hydrogen) atoms. The summed E-state index contributed by atoms with van der Waals surface area (Å²) in [6, 6.07) is 15.9. The van der Waals surface area contributed by atoms with E-state index in [2.05, 4.69) is 22.4 Å². The Morgan fingerprint density at radius 1 is 1.09 bits per heavy atom. The highest BCUT2D eigenvalue weighted by atomic mass is 35.5. The van der Waals surface area contributed by atoms with Gasteiger partial charge in [-0.15, -0.1) is 0 Å². The summed E-state index contributed by atoms with van der Waals surface area (Å²) in [5.74, 6) is 0. The van der Waals surface area contributed by atoms with Gasteiger partial charge >= 0.3 is 0 Å². The van der Waals surface area contributed by atoms with Crippen LogP contribution in [0.2, 0.25) is 5.02 Å². The maximum Gasteiger partial charge on any atom is 0.0992 e. The number of piperazine rings is 1. The van der Waals surface area contributed by atoms with Crippen molar-refractivity contribution in [2.24, 2.45) is 0 Å². The molecular formula is C17H16ClN3S. The Balaban J connectivity index is 1.92. The number of nitriles is 1. The van der Waals surface area contributed by atoms with Crippen LogP contribution >= 0.6 is 23.4 Å². The third kappa shape index (κ3) is 3.56. The van der Waals surface area contributed by atoms with Gasteiger partial charge in [-0.3, -0.25) is 0 Å². The van der Waals surface area contributed by atoms with Gasteiger partial charge in [-0.2, -0.15) is 5.26 Å². The second-order valence-electron chi connectivity index (χ2n) is 5.09. The fourth-order valence-corrected chi connectivity index (χ4v) is 3.60. The van der Waals surface area contributed by atoms with Gasteiger partial charge in [0.2, 0.25) is 0 Å². The van der Waals surface area contributed by atoms with E-state index < -0.39 is 0 Å². The summed E-state index contributed by atoms with van der Waals surface area (Å²) in [5, 5.41) is 13.3. The molecule has 0 aromatic heterocycles. The molecule has 0 amide bonds. The van der Waals surface area contributed by atoms with Gasteiger partial charge in [0, 0.05) is 41.0 Å². The molecule has 1 N–H and O–H groups in total. The summed E-state index contributed by atoms with van der Waals surface area (Å²) < 4.78 is 0. The lowest BCUT2D eigenvalue weighted by atomic mass is 10.2. The van der Waals surface area contributed by atoms with Crippen LogP contribution in [-0.2, 0) is 0 Å². The summed E-state index contributed by atoms with van der Waals surface area (Å²) in [6.45, 7) is 3.95. The second kappa shape index (κ2) is 7.06. The maximum absolute atomic E-state index is 9.17. The van der Waals surface area contributed by atoms with Gasteiger partial charge in [-0.05, 0) is 42.5 Å². The first-order valence-electron chi connectivity index (χ1n) is 7.19. The molecule has 112 valence electrons. The minimum Gasteiger partial charge on any atom is -0.368 e. The SMILES string of the molecule is N#Cc1ccc(N2CCNCC2)c(Sc2ccc(Cl)cc2)c1. The number of halogens is 1. The van der Waals surface area contributed by atoms with Crippen LogP contribution < -0.4 is 10.2 Å². The molecule has 0 atom stereocenters. The zero-order valence-corrected chi connectivity index (χ0v) is 13.6. The first-order valence-corrected chi connectivity index (χ1v) is 8.39. The van der Waals surface area contributed by atoms with Crippen LogP contribution in [0.25, 0.3) is 0 Å². The molecule has 0 unspecified atom stereocenters. The van der Waals surface area contributed by atoms with Gasteiger partial charge in [-0.1, -0.05) is 23.4 Å². The Bertz CT molecular complexity index is 688. The average molecular weight is 330 g/mol. The van der Waals surface area contributed by atoms with Crippen molar-refractivity contribution in [2.75, 3.05) is 31.1 Å². The van der Waals surface area contributed by atoms with Crippen LogP contribution in [0.1, 0.15) is 5.56 Å². The van der Waals surface area contributed by atoms with E-state index in [1.165, 1.54) is 5.69 Å². The lowest BCUT2D eigenvalue weighted by Gasteiger charge is -2.31. The Hall–Kier alpha value is -1.67. The molecule has 0 spiro atoms. The second-order valence-corrected chi connectivity index (χ2v) is 6.64. The number of anilines is 1. The molecule has 5 heteroatoms. The van der Waals surface area contributed by atoms with Crippen LogP contribution in [0.5, 0.6) is 0 Å². The highest BCUT2D eigenvalue weighted by Gasteiger charge is 2.15. The fourth-order valence-electron chi connectivity index (χ4n) is 2.46. The molecule has 3 rings (SSSR count). The fraction of sp³-hybridized carbons (Fsp3) is 0.235. The Morgan fingerprint density at radius 2 is 1.82 bits per heavy atom. The Labute approximate surface area is 139 Å². The van der Waals surface area contributed by atoms with E-state index in [9.17, 15) is 0 Å². The van der Waals surface area contributed by atoms with E-state index in [1.54, 1.807) is 11.8 Å². The summed E-state index contributed by atoms with van der Waals surface area (Å²) in [5.41, 5.74) is 1.88. The van der Waals surface area contributed by atoms with Crippen molar-refractivity contribution in [2.45, 2.75) is 9.79 Å². The summed E-state index contributed by atoms with van der Waals surface area (Å²) in [4.78, 5) is 4.61. The molecule has 0 saturated carbocycles. The zero-order chi connectivity index (χ0) is 15.4. The Kier molecular flexibility index (Phi) is 4.89. The van der Waals surface area contributed by atoms with Gasteiger partial charge in [0.05, 0.1) is 17.3 Å². The molecular weight excluding hydrogens is 314 g/mol. The van der Waals surface area contributed by atoms with Crippen LogP contribution in [0.15, 0.2) is 52.3 Å². The van der Waals surface area contributed by atoms with Crippen LogP contribution in [0.4, 0.5) is 5.69 Å². The monoisotopic (exact) mass is 329 g/mol. The molecule has 1 saturated heterocycles. The van der Waals surface area contributed by atoms with E-state index in [0.717, 1.165) is 41.0 Å². The standard InChI is InChI=1S/C17H16ClN3S/c18-14-2-4-15(5-3-14)22-17-11-13(12-19)1-6-16(17)21-9-7-20-8-10-21/h1-6,11,20H,7-10H2. The van der Waals surface area contributed by atoms with Gasteiger partial charge in [0.15, 0.2) is 0 Å². The molecule has 0 aliphatic carbocycles. The highest BCUT2D eigenvalue weighted by Crippen LogP contribution is 2.36. The molecule has 2 aromatic carbocycles. The first-order chi connectivity index (χ1) is 10.8. The topological polar surface area (TPSA) is 39.1 Å². The molecule has 0 bridgehead atoms. The molecule has 3 nitrogen and oxygen atoms in total. The molecule has 0 radical (unpaired) electrons. The molecule has 1 heterocycles. The van der Waals surface area contributed by atoms with E-state index in [-0.39, 0.29) is 0 Å². The van der Waals surface area contributed by atoms with Gasteiger partial charge in [-0.25, -0.2) is 0 Å². The van der Waals surface area contributed by atoms with Crippen molar-refractivity contribution in [3.8, 4) is 6.07 Å². The molecule has 1 aliphatic rings. The lowest BCUT2D eigenvalue weighted by Crippen LogP contribution is -2.43. The van der Waals surface area contributed by atoms with E-state index in [4.69, 9.17) is 16.9 Å². The quantitative estimate of drug-likeness (QED) is 0.930. The highest BCUT2D eigenvalue weighted by molar-refractivity contribution is 7.99. The van der Waals surface area contributed by atoms with Gasteiger partial charge in [0.1, 0.15) is 0 Å². The van der Waals surface area contributed by atoms with Crippen molar-refractivity contribution >= 4 is 29.1 Å². The maximum atomic E-state index is 9.17. The number of rotatable bonds is 3. The third-order valence-corrected chi connectivity index (χ3v) is 4.89. The predicted molar refractivity (Wildman–Crippen MR) is 91.8 cm³/mol. The number of hydrogen-bond donors (Lipinski definition) is 1. The summed E-state index contributed by atoms with van der Waals surface area (Å²) in [6.07, 6.45) is 0. The van der Waals surface area contributed by atoms with Crippen molar-refractivity contribution in [1.29, 1.82) is 5.26 Å². The van der Waals surface area contributed by atoms with E-state index >= 15 is 0 Å². The number of benzene rings is 2. The van der Waals surface area contributed by atoms with Crippen molar-refractivity contribution < 1.29 is 0 Å². The third-order valence-electron chi connectivity index (χ3n) is 3.59. The van der Waals surface area contributed by atoms with Crippen molar-refractivity contribution in [1.82, 2.24) is 5.32 Å². The predicted octanol–water partition coefficient (Wildman–Crippen LogP) is 3.77. The van der Waals surface area contributed by atoms with Gasteiger partial charge in [0.25, 0.3) is 0 Å². The average Bonchev–Trinajstić information content (AvgIpc) is 2.57. The zero-order valence-electron chi connectivity index (χ0n) is 12.1. The van der Waals surface area contributed by atoms with E-state index in [0.29, 0.717) is 5.56 Å². The normalized spacial score (nSPS) is 14.6. The smallest absolute Gasteiger partial charge is 0.0992 e. The van der Waals surface area contributed by atoms with Crippen molar-refractivity contribution in [3.63, 3.8) is 0 Å². The molecule has 1 fully saturated rings. The minimum atomic E-state index is 0.690. The first kappa shape index (κ1) is 15.2. The lowest BCUT2D eigenvalue weighted by molar-refractivity contribution is 0.587. The Morgan fingerprint density at radius 3 is 2.50 bits per heavy atom. The number of hydrogen-bond acceptors (Lipinski definition) is 4. The van der Waals surface area contributed by atoms with Crippen LogP contribution in [0.3, 0.4) is 0 Å². The van der Waals surface area contributed by atoms with Gasteiger partial charge < -0.3 is 10.2 Å². The number of nitrogens with one attached hydrogen (secondary N) is 1. The van der Waals surface area contributed by atoms with Crippen LogP contribution in [-0.4, -0.2) is 26.2 Å². The summed E-state index contributed by atoms with van der Waals surface area (Å²) in [7, 11) is 0. The minimum absolute atomic E-state index is 0.690. The summed E-state index contributed by atoms with van der Waals surface area (Å²) >= 11 is 7.62.